The van der Waals surface area contributed by atoms with E-state index in [1.54, 1.807) is 118 Å². The molecule has 36 nitrogen and oxygen atoms in total. The maximum absolute atomic E-state index is 12.0. The molecule has 0 aliphatic carbocycles. The number of quaternary nitrogens is 6. The van der Waals surface area contributed by atoms with E-state index in [1.165, 1.54) is 67.6 Å². The zero-order chi connectivity index (χ0) is 96.4. The van der Waals surface area contributed by atoms with Gasteiger partial charge in [-0.1, -0.05) is 72.8 Å². The number of carbonyl (C=O) groups is 12. The van der Waals surface area contributed by atoms with Crippen molar-refractivity contribution in [3.8, 4) is 34.5 Å². The number of nitrogens with one attached hydrogen (secondary N) is 1. The van der Waals surface area contributed by atoms with Crippen LogP contribution in [0, 0.1) is 0 Å². The Hall–Kier alpha value is -11.5. The molecule has 6 rings (SSSR count). The van der Waals surface area contributed by atoms with E-state index >= 15 is 0 Å². The maximum atomic E-state index is 12.0. The Morgan fingerprint density at radius 1 is 0.333 bits per heavy atom. The molecule has 6 atom stereocenters. The highest BCUT2D eigenvalue weighted by molar-refractivity contribution is 5.99. The topological polar surface area (TPSA) is 462 Å². The molecule has 6 unspecified atom stereocenters. The Kier molecular flexibility index (Phi) is 48.0. The lowest BCUT2D eigenvalue weighted by Gasteiger charge is -2.26. The third kappa shape index (κ3) is 49.8. The summed E-state index contributed by atoms with van der Waals surface area (Å²) in [7, 11) is 40.5. The number of benzene rings is 6. The first-order chi connectivity index (χ1) is 58.1. The minimum Gasteiger partial charge on any atom is -0.478 e. The van der Waals surface area contributed by atoms with Crippen LogP contribution in [0.1, 0.15) is 108 Å². The second kappa shape index (κ2) is 53.7. The third-order valence-corrected chi connectivity index (χ3v) is 16.1. The molecule has 0 bridgehead atoms. The van der Waals surface area contributed by atoms with Gasteiger partial charge in [0.05, 0.1) is 196 Å². The molecule has 0 spiro atoms. The van der Waals surface area contributed by atoms with Crippen LogP contribution in [0.5, 0.6) is 34.5 Å². The summed E-state index contributed by atoms with van der Waals surface area (Å²) >= 11 is 0. The molecule has 0 saturated carbocycles. The van der Waals surface area contributed by atoms with Gasteiger partial charge in [-0.2, -0.15) is 0 Å². The normalized spacial score (nSPS) is 12.7. The van der Waals surface area contributed by atoms with Crippen molar-refractivity contribution in [1.29, 1.82) is 0 Å². The van der Waals surface area contributed by atoms with Crippen molar-refractivity contribution in [1.82, 2.24) is 10.2 Å². The number of carboxylic acids is 1. The SMILES string of the molecule is CCOC(=O)c1ccccc1OC(=O)CC(O)C[N+](C)(C)C.CN(C)C(=O)c1ccccc1OC(=O)CC(O)C[N+](C)(C)C.CNC(=O)c1ccccc1OC(=O)CC(O)C[N+](C)(C)C.COC(=O)c1ccccc1OC(=O)CC(O)C[N+](C)(C)C.C[N+](C)(C)CC(O)CC(=O)Oc1ccccc1C(=O)O.C[N+](C)(C)CC(O)CC(=O)Oc1ccccc1C(N)=O. The van der Waals surface area contributed by atoms with Crippen molar-refractivity contribution in [3.63, 3.8) is 0 Å². The van der Waals surface area contributed by atoms with Crippen LogP contribution in [-0.4, -0.2) is 377 Å². The standard InChI is InChI=1S/C16H25N2O4.C16H24NO5.C15H22N2O4.C15H22NO5.C14H20N2O4.C14H19NO5/c1-17(2)16(21)13-8-6-7-9-14(13)22-15(20)10-12(19)11-18(3,4)5;1-5-21-16(20)13-8-6-7-9-14(13)22-15(19)10-12(18)11-17(2,3)4;1-16-15(20)12-7-5-6-8-13(12)21-14(19)9-11(18)10-17(2,3)4;1-16(2,3)10-11(17)9-14(18)21-13-8-6-5-7-12(13)15(19)20-4;1-16(2,3)9-10(17)8-13(18)20-12-7-5-4-6-11(12)14(15)19;1-15(2,3)9-10(16)8-13(17)20-12-7-5-4-6-11(12)14(18)19/h6-9,12,19H,10-11H2,1-5H3;6-9,12,18H,5,10-11H2,1-4H3;5-8,11,18H,9-10H2,1-4H3;5-8,11,17H,9-10H2,1-4H3;4-7,10,17H,8-9H2,1-3H3,(H-,15,19);4-7,10,16H,8-9H2,1-3H3/q2*+1;;+1;;/p+3. The number of likely N-dealkylation sites (N-methyl/N-ethyl adjacent to an activating group) is 6. The van der Waals surface area contributed by atoms with Crippen molar-refractivity contribution in [2.24, 2.45) is 5.73 Å². The van der Waals surface area contributed by atoms with E-state index in [2.05, 4.69) is 10.1 Å². The van der Waals surface area contributed by atoms with Gasteiger partial charge in [-0.15, -0.1) is 0 Å². The fourth-order valence-electron chi connectivity index (χ4n) is 11.4. The number of nitrogens with two attached hydrogens (primary N) is 1. The molecule has 0 aliphatic rings. The number of esters is 8. The van der Waals surface area contributed by atoms with Gasteiger partial charge >= 0.3 is 53.7 Å². The van der Waals surface area contributed by atoms with E-state index in [1.807, 2.05) is 127 Å². The van der Waals surface area contributed by atoms with Gasteiger partial charge in [0.15, 0.2) is 0 Å². The number of aromatic carboxylic acids is 1. The highest BCUT2D eigenvalue weighted by atomic mass is 16.6. The minimum atomic E-state index is -1.17. The van der Waals surface area contributed by atoms with Crippen molar-refractivity contribution in [3.05, 3.63) is 179 Å². The van der Waals surface area contributed by atoms with Crippen LogP contribution in [0.15, 0.2) is 146 Å². The molecular formula is C90H135N9O27+6. The van der Waals surface area contributed by atoms with Gasteiger partial charge in [0.1, 0.15) is 127 Å². The zero-order valence-electron chi connectivity index (χ0n) is 77.0. The van der Waals surface area contributed by atoms with Gasteiger partial charge in [0.25, 0.3) is 17.7 Å². The highest BCUT2D eigenvalue weighted by Crippen LogP contribution is 2.26. The number of carboxylic acid groups (broad SMARTS) is 1. The van der Waals surface area contributed by atoms with Gasteiger partial charge in [0.2, 0.25) is 0 Å². The maximum Gasteiger partial charge on any atom is 0.341 e. The number of hydrogen-bond donors (Lipinski definition) is 9. The molecule has 10 N–H and O–H groups in total. The second-order valence-corrected chi connectivity index (χ2v) is 35.5. The van der Waals surface area contributed by atoms with Crippen molar-refractivity contribution in [2.45, 2.75) is 82.1 Å². The fourth-order valence-corrected chi connectivity index (χ4v) is 11.4. The highest BCUT2D eigenvalue weighted by Gasteiger charge is 2.29. The van der Waals surface area contributed by atoms with E-state index in [4.69, 9.17) is 44.0 Å². The van der Waals surface area contributed by atoms with Crippen molar-refractivity contribution >= 4 is 71.4 Å². The molecule has 36 heteroatoms. The molecule has 696 valence electrons. The minimum absolute atomic E-state index is 0.0116. The van der Waals surface area contributed by atoms with Gasteiger partial charge in [-0.3, -0.25) is 43.2 Å². The second-order valence-electron chi connectivity index (χ2n) is 35.5. The summed E-state index contributed by atoms with van der Waals surface area (Å²) in [6.07, 6.45) is -5.62. The van der Waals surface area contributed by atoms with E-state index in [-0.39, 0.29) is 119 Å². The average Bonchev–Trinajstić information content (AvgIpc) is 0.865. The Bertz CT molecular complexity index is 4330. The molecule has 0 fully saturated rings. The molecule has 0 aliphatic heterocycles. The fraction of sp³-hybridized carbons (Fsp3) is 0.467. The van der Waals surface area contributed by atoms with Crippen LogP contribution in [0.25, 0.3) is 0 Å². The summed E-state index contributed by atoms with van der Waals surface area (Å²) in [6.45, 7) is 4.49. The van der Waals surface area contributed by atoms with Gasteiger partial charge in [0, 0.05) is 21.1 Å². The number of para-hydroxylation sites is 6. The number of carbonyl (C=O) groups excluding carboxylic acids is 11. The number of amides is 3. The molecular weight excluding hydrogens is 1640 g/mol. The third-order valence-electron chi connectivity index (χ3n) is 16.1. The lowest BCUT2D eigenvalue weighted by Crippen LogP contribution is -2.42. The summed E-state index contributed by atoms with van der Waals surface area (Å²) in [5.41, 5.74) is 6.23. The first-order valence-corrected chi connectivity index (χ1v) is 40.1. The van der Waals surface area contributed by atoms with Gasteiger partial charge in [-0.05, 0) is 79.7 Å². The number of aliphatic hydroxyl groups is 6. The molecule has 0 radical (unpaired) electrons. The number of primary amides is 1. The number of rotatable bonds is 37. The first-order valence-electron chi connectivity index (χ1n) is 40.1. The Morgan fingerprint density at radius 2 is 0.540 bits per heavy atom. The first kappa shape index (κ1) is 112. The van der Waals surface area contributed by atoms with E-state index in [0.717, 1.165) is 0 Å². The van der Waals surface area contributed by atoms with Gasteiger partial charge in [-0.25, -0.2) is 14.4 Å². The number of nitrogens with zero attached hydrogens (tertiary/aromatic N) is 7. The summed E-state index contributed by atoms with van der Waals surface area (Å²) in [4.78, 5) is 142. The van der Waals surface area contributed by atoms with Crippen LogP contribution in [0.3, 0.4) is 0 Å². The molecule has 126 heavy (non-hydrogen) atoms. The smallest absolute Gasteiger partial charge is 0.341 e. The molecule has 6 aromatic rings. The van der Waals surface area contributed by atoms with E-state index in [9.17, 15) is 88.2 Å². The summed E-state index contributed by atoms with van der Waals surface area (Å²) in [6, 6.07) is 37.9. The number of methoxy groups -OCH3 is 1. The van der Waals surface area contributed by atoms with Crippen molar-refractivity contribution in [2.75, 3.05) is 201 Å². The zero-order valence-corrected chi connectivity index (χ0v) is 77.0. The Balaban J connectivity index is 0.000000756. The van der Waals surface area contributed by atoms with Crippen LogP contribution in [0.4, 0.5) is 0 Å². The summed E-state index contributed by atoms with van der Waals surface area (Å²) < 4.78 is 43.6. The van der Waals surface area contributed by atoms with Crippen LogP contribution in [-0.2, 0) is 38.2 Å². The van der Waals surface area contributed by atoms with Crippen molar-refractivity contribution < 1.29 is 158 Å². The molecule has 0 saturated heterocycles. The largest absolute Gasteiger partial charge is 0.478 e. The lowest BCUT2D eigenvalue weighted by atomic mass is 10.1. The lowest BCUT2D eigenvalue weighted by molar-refractivity contribution is -0.873. The van der Waals surface area contributed by atoms with E-state index in [0.29, 0.717) is 71.7 Å². The molecule has 6 aromatic carbocycles. The molecule has 0 aromatic heterocycles. The predicted octanol–water partition coefficient (Wildman–Crippen LogP) is 4.12. The molecule has 3 amide bonds. The number of aliphatic hydroxyl groups excluding tert-OH is 6. The summed E-state index contributed by atoms with van der Waals surface area (Å²) in [5, 5.41) is 70.5. The molecule has 0 heterocycles. The number of hydrogen-bond acceptors (Lipinski definition) is 26. The van der Waals surface area contributed by atoms with Gasteiger partial charge < -0.3 is 116 Å². The predicted molar refractivity (Wildman–Crippen MR) is 468 cm³/mol. The summed E-state index contributed by atoms with van der Waals surface area (Å²) in [5.74, 6) is -6.29. The Morgan fingerprint density at radius 3 is 0.770 bits per heavy atom. The van der Waals surface area contributed by atoms with Crippen LogP contribution < -0.4 is 39.5 Å². The monoisotopic (exact) mass is 1770 g/mol. The van der Waals surface area contributed by atoms with E-state index < -0.39 is 96.3 Å². The average molecular weight is 1780 g/mol. The van der Waals surface area contributed by atoms with Crippen LogP contribution >= 0.6 is 0 Å². The Labute approximate surface area is 738 Å². The van der Waals surface area contributed by atoms with Crippen LogP contribution in [0.2, 0.25) is 0 Å². The quantitative estimate of drug-likeness (QED) is 0.0150. The number of ether oxygens (including phenoxy) is 8.